The predicted molar refractivity (Wildman–Crippen MR) is 133 cm³/mol. The number of fused-ring (bicyclic) bond motifs is 1. The number of rotatable bonds is 5. The van der Waals surface area contributed by atoms with Gasteiger partial charge in [-0.15, -0.1) is 10.2 Å². The lowest BCUT2D eigenvalue weighted by Crippen LogP contribution is -2.40. The highest BCUT2D eigenvalue weighted by Gasteiger charge is 2.57. The molecule has 1 N–H and O–H groups in total. The van der Waals surface area contributed by atoms with Crippen molar-refractivity contribution in [2.45, 2.75) is 64.9 Å². The van der Waals surface area contributed by atoms with Gasteiger partial charge >= 0.3 is 0 Å². The molecule has 2 atom stereocenters. The molecule has 0 amide bonds. The van der Waals surface area contributed by atoms with Gasteiger partial charge in [0.05, 0.1) is 28.1 Å². The highest BCUT2D eigenvalue weighted by molar-refractivity contribution is 5.63. The van der Waals surface area contributed by atoms with Crippen LogP contribution in [-0.2, 0) is 11.0 Å². The molecule has 1 aromatic carbocycles. The van der Waals surface area contributed by atoms with E-state index in [0.29, 0.717) is 17.3 Å². The molecule has 2 unspecified atom stereocenters. The fourth-order valence-corrected chi connectivity index (χ4v) is 5.53. The fraction of sp³-hybridized carbons (Fsp3) is 0.407. The van der Waals surface area contributed by atoms with Gasteiger partial charge in [0.2, 0.25) is 0 Å². The van der Waals surface area contributed by atoms with E-state index in [0.717, 1.165) is 12.0 Å². The molecular weight excluding hydrogens is 476 g/mol. The smallest absolute Gasteiger partial charge is 0.252 e. The third-order valence-corrected chi connectivity index (χ3v) is 7.86. The van der Waals surface area contributed by atoms with E-state index in [-0.39, 0.29) is 28.4 Å². The van der Waals surface area contributed by atoms with Gasteiger partial charge in [-0.2, -0.15) is 9.78 Å². The molecule has 0 spiro atoms. The van der Waals surface area contributed by atoms with Crippen LogP contribution in [0.2, 0.25) is 0 Å². The molecule has 0 saturated carbocycles. The molecule has 3 aromatic heterocycles. The number of hydrogen-bond acceptors (Lipinski definition) is 7. The van der Waals surface area contributed by atoms with Crippen LogP contribution in [0.1, 0.15) is 76.7 Å². The largest absolute Gasteiger partial charge is 0.382 e. The van der Waals surface area contributed by atoms with Crippen molar-refractivity contribution in [3.05, 3.63) is 77.3 Å². The minimum Gasteiger partial charge on any atom is -0.382 e. The summed E-state index contributed by atoms with van der Waals surface area (Å²) < 4.78 is 30.6. The van der Waals surface area contributed by atoms with Crippen molar-refractivity contribution in [1.29, 1.82) is 0 Å². The second kappa shape index (κ2) is 8.44. The zero-order valence-electron chi connectivity index (χ0n) is 21.7. The van der Waals surface area contributed by atoms with Gasteiger partial charge in [-0.25, -0.2) is 23.7 Å². The van der Waals surface area contributed by atoms with Crippen molar-refractivity contribution in [3.8, 4) is 17.2 Å². The van der Waals surface area contributed by atoms with E-state index in [4.69, 9.17) is 4.98 Å². The Morgan fingerprint density at radius 1 is 1.05 bits per heavy atom. The molecule has 5 rings (SSSR count). The van der Waals surface area contributed by atoms with Crippen molar-refractivity contribution >= 4 is 0 Å². The molecule has 0 aliphatic heterocycles. The summed E-state index contributed by atoms with van der Waals surface area (Å²) in [5.74, 6) is -0.772. The molecule has 1 aliphatic carbocycles. The molecule has 8 nitrogen and oxygen atoms in total. The number of halogens is 2. The van der Waals surface area contributed by atoms with Crippen molar-refractivity contribution in [2.24, 2.45) is 5.41 Å². The van der Waals surface area contributed by atoms with Crippen LogP contribution in [0.5, 0.6) is 0 Å². The van der Waals surface area contributed by atoms with Crippen molar-refractivity contribution < 1.29 is 13.9 Å². The quantitative estimate of drug-likeness (QED) is 0.413. The van der Waals surface area contributed by atoms with Crippen LogP contribution in [0.25, 0.3) is 17.2 Å². The summed E-state index contributed by atoms with van der Waals surface area (Å²) in [5, 5.41) is 23.4. The maximum Gasteiger partial charge on any atom is 0.252 e. The molecule has 37 heavy (non-hydrogen) atoms. The lowest BCUT2D eigenvalue weighted by Gasteiger charge is -2.41. The van der Waals surface area contributed by atoms with Crippen LogP contribution in [0.15, 0.2) is 42.9 Å². The summed E-state index contributed by atoms with van der Waals surface area (Å²) in [7, 11) is 0. The van der Waals surface area contributed by atoms with E-state index in [9.17, 15) is 13.9 Å². The Morgan fingerprint density at radius 3 is 2.38 bits per heavy atom. The zero-order chi connectivity index (χ0) is 26.8. The maximum atomic E-state index is 14.6. The van der Waals surface area contributed by atoms with Gasteiger partial charge in [-0.1, -0.05) is 26.8 Å². The van der Waals surface area contributed by atoms with Crippen molar-refractivity contribution in [3.63, 3.8) is 0 Å². The third-order valence-electron chi connectivity index (χ3n) is 7.86. The molecule has 192 valence electrons. The number of aromatic nitrogens is 7. The van der Waals surface area contributed by atoms with E-state index in [1.165, 1.54) is 29.2 Å². The van der Waals surface area contributed by atoms with Gasteiger partial charge in [0.1, 0.15) is 23.6 Å². The Labute approximate surface area is 213 Å². The maximum absolute atomic E-state index is 14.6. The lowest BCUT2D eigenvalue weighted by atomic mass is 9.62. The summed E-state index contributed by atoms with van der Waals surface area (Å²) in [5.41, 5.74) is 0.0185. The van der Waals surface area contributed by atoms with Crippen LogP contribution in [0.4, 0.5) is 8.78 Å². The highest BCUT2D eigenvalue weighted by atomic mass is 19.1. The molecule has 0 fully saturated rings. The van der Waals surface area contributed by atoms with E-state index >= 15 is 0 Å². The summed E-state index contributed by atoms with van der Waals surface area (Å²) in [6.07, 6.45) is 3.91. The third kappa shape index (κ3) is 3.73. The number of hydrogen-bond donors (Lipinski definition) is 1. The van der Waals surface area contributed by atoms with E-state index in [1.54, 1.807) is 26.1 Å². The number of aliphatic hydroxyl groups is 1. The van der Waals surface area contributed by atoms with Gasteiger partial charge < -0.3 is 5.11 Å². The van der Waals surface area contributed by atoms with Crippen molar-refractivity contribution in [1.82, 2.24) is 34.9 Å². The fourth-order valence-electron chi connectivity index (χ4n) is 5.53. The number of benzene rings is 1. The molecule has 0 radical (unpaired) electrons. The van der Waals surface area contributed by atoms with Gasteiger partial charge in [-0.05, 0) is 68.4 Å². The Morgan fingerprint density at radius 2 is 1.76 bits per heavy atom. The zero-order valence-corrected chi connectivity index (χ0v) is 21.7. The lowest BCUT2D eigenvalue weighted by molar-refractivity contribution is 0.0688. The first-order valence-electron chi connectivity index (χ1n) is 12.2. The predicted octanol–water partition coefficient (Wildman–Crippen LogP) is 4.86. The molecule has 4 aromatic rings. The molecule has 0 saturated heterocycles. The Bertz CT molecular complexity index is 1470. The standard InChI is InChI=1S/C27H29F2N7O/c1-7-16-15-13-19(21-17(28)9-8-10-18(21)29)33-34-22(15)27(6,25(16,2)3)20-11-12-30-24(32-20)36-14-31-23(35-36)26(4,5)37/h8-14,16,37H,7H2,1-6H3. The first-order valence-corrected chi connectivity index (χ1v) is 12.2. The van der Waals surface area contributed by atoms with Crippen LogP contribution < -0.4 is 0 Å². The van der Waals surface area contributed by atoms with E-state index in [2.05, 4.69) is 53.0 Å². The molecule has 10 heteroatoms. The highest BCUT2D eigenvalue weighted by Crippen LogP contribution is 2.61. The topological polar surface area (TPSA) is 102 Å². The van der Waals surface area contributed by atoms with Crippen LogP contribution >= 0.6 is 0 Å². The molecule has 3 heterocycles. The number of nitrogens with zero attached hydrogens (tertiary/aromatic N) is 7. The van der Waals surface area contributed by atoms with Gasteiger partial charge in [0.15, 0.2) is 5.82 Å². The Balaban J connectivity index is 1.66. The first kappa shape index (κ1) is 25.0. The summed E-state index contributed by atoms with van der Waals surface area (Å²) >= 11 is 0. The van der Waals surface area contributed by atoms with E-state index in [1.807, 2.05) is 6.07 Å². The van der Waals surface area contributed by atoms with Gasteiger partial charge in [-0.3, -0.25) is 0 Å². The van der Waals surface area contributed by atoms with Crippen LogP contribution in [0, 0.1) is 17.0 Å². The van der Waals surface area contributed by atoms with E-state index < -0.39 is 22.7 Å². The summed E-state index contributed by atoms with van der Waals surface area (Å²) in [6, 6.07) is 7.37. The van der Waals surface area contributed by atoms with Gasteiger partial charge in [0.25, 0.3) is 5.95 Å². The second-order valence-corrected chi connectivity index (χ2v) is 10.8. The average molecular weight is 506 g/mol. The minimum absolute atomic E-state index is 0.0307. The molecule has 0 bridgehead atoms. The van der Waals surface area contributed by atoms with Crippen LogP contribution in [-0.4, -0.2) is 40.0 Å². The molecule has 1 aliphatic rings. The summed E-state index contributed by atoms with van der Waals surface area (Å²) in [6.45, 7) is 11.7. The van der Waals surface area contributed by atoms with Crippen LogP contribution in [0.3, 0.4) is 0 Å². The average Bonchev–Trinajstić information content (AvgIpc) is 3.40. The normalized spacial score (nSPS) is 20.7. The van der Waals surface area contributed by atoms with Gasteiger partial charge in [0, 0.05) is 6.20 Å². The van der Waals surface area contributed by atoms with Crippen molar-refractivity contribution in [2.75, 3.05) is 0 Å². The minimum atomic E-state index is -1.21. The Hall–Kier alpha value is -3.66. The second-order valence-electron chi connectivity index (χ2n) is 10.8. The summed E-state index contributed by atoms with van der Waals surface area (Å²) in [4.78, 5) is 13.4. The monoisotopic (exact) mass is 505 g/mol. The SMILES string of the molecule is CCC1c2cc(-c3c(F)cccc3F)nnc2C(C)(c2ccnc(-n3cnc(C(C)(C)O)n3)n2)C1(C)C. The molecular formula is C27H29F2N7O. The Kier molecular flexibility index (Phi) is 5.71. The first-order chi connectivity index (χ1) is 17.4.